The van der Waals surface area contributed by atoms with Crippen LogP contribution in [0.25, 0.3) is 33.4 Å². The fourth-order valence-electron chi connectivity index (χ4n) is 7.06. The quantitative estimate of drug-likeness (QED) is 0.0652. The predicted molar refractivity (Wildman–Crippen MR) is 312 cm³/mol. The van der Waals surface area contributed by atoms with E-state index in [0.717, 1.165) is 46.5 Å². The molecule has 0 aromatic carbocycles. The number of nitrogens with zero attached hydrogens (tertiary/aromatic N) is 6. The topological polar surface area (TPSA) is 452 Å². The number of carbonyl (C=O) groups excluding carboxylic acids is 10. The standard InChI is InChI=1S/C54H50N16O15S3/c1-20(2)13-31-51-67-33(16-85-51)44(76)55-14-37-63-34(17-86-37)46(78)61-26(8)52-68-35(18-87-52)47(79)59-24(6)42(74)60-25(7)50-66-32(15-84-50)39-29(53-69-36(19-88-53)48(80)70-38(28(10)71)49(81)65-31)11-12-30(64-39)45(77)58-23(5)41(73)56-21(3)40(72)57-22(4)43(75)62-27(9)54(82)83/h11-13,15-20,26,28,38,71H,3-7,9,14H2,1-2,8,10H3,(H,55,76)(H,56,73)(H,57,72)(H,58,77)(H,59,79)(H,60,74)(H,61,78)(H,62,75)(H,65,81)(H,70,80)(H,82,83)/b31-13+/t26?,28?,38-/m0/s1/i21+1,22+1,23+1,24+1,25+1,26+1,27+1,29+1,30+1,32+1,33+1,34+1,35+1,36+1. The maximum Gasteiger partial charge on any atom is 0.351 e. The Hall–Kier alpha value is -11.2. The number of aliphatic carboxylic acids is 1. The van der Waals surface area contributed by atoms with Gasteiger partial charge in [-0.15, -0.1) is 34.0 Å². The van der Waals surface area contributed by atoms with Gasteiger partial charge in [-0.2, -0.15) is 0 Å². The molecule has 454 valence electrons. The van der Waals surface area contributed by atoms with Crippen molar-refractivity contribution in [2.24, 2.45) is 5.92 Å². The van der Waals surface area contributed by atoms with E-state index in [9.17, 15) is 57.8 Å². The molecule has 34 heteroatoms. The van der Waals surface area contributed by atoms with Crippen molar-refractivity contribution in [2.75, 3.05) is 0 Å². The first kappa shape index (κ1) is 64.3. The Morgan fingerprint density at radius 1 is 0.636 bits per heavy atom. The lowest BCUT2D eigenvalue weighted by Gasteiger charge is -2.21. The van der Waals surface area contributed by atoms with Gasteiger partial charge < -0.3 is 72.2 Å². The molecule has 10 amide bonds. The van der Waals surface area contributed by atoms with Gasteiger partial charge in [-0.1, -0.05) is 59.4 Å². The molecule has 88 heavy (non-hydrogen) atoms. The monoisotopic (exact) mass is 1270 g/mol. The molecule has 12 N–H and O–H groups in total. The summed E-state index contributed by atoms with van der Waals surface area (Å²) in [5.74, 6) is -11.9. The van der Waals surface area contributed by atoms with Gasteiger partial charge in [0.15, 0.2) is 5.69 Å². The number of aliphatic hydroxyl groups is 1. The highest BCUT2D eigenvalue weighted by Gasteiger charge is 2.31. The van der Waals surface area contributed by atoms with Crippen LogP contribution in [-0.2, 0) is 35.3 Å². The van der Waals surface area contributed by atoms with Crippen LogP contribution in [-0.4, -0.2) is 117 Å². The molecule has 0 fully saturated rings. The summed E-state index contributed by atoms with van der Waals surface area (Å²) >= 11 is 3.00. The third-order valence-electron chi connectivity index (χ3n) is 11.5. The van der Waals surface area contributed by atoms with Crippen LogP contribution in [0.3, 0.4) is 0 Å². The van der Waals surface area contributed by atoms with Gasteiger partial charge in [0.25, 0.3) is 53.2 Å². The molecule has 6 aromatic rings. The zero-order valence-electron chi connectivity index (χ0n) is 46.5. The van der Waals surface area contributed by atoms with E-state index in [-0.39, 0.29) is 80.4 Å². The van der Waals surface area contributed by atoms with Crippen molar-refractivity contribution in [2.45, 2.75) is 52.4 Å². The Morgan fingerprint density at radius 2 is 1.20 bits per heavy atom. The minimum absolute atomic E-state index is 0.0193. The lowest BCUT2D eigenvalue weighted by Crippen LogP contribution is -2.52. The lowest BCUT2D eigenvalue weighted by atomic mass is 10.1. The third-order valence-corrected chi connectivity index (χ3v) is 14.2. The second-order valence-electron chi connectivity index (χ2n) is 18.7. The number of oxazole rings is 2. The van der Waals surface area contributed by atoms with Crippen molar-refractivity contribution in [3.8, 4) is 22.0 Å². The number of carbonyl (C=O) groups is 11. The van der Waals surface area contributed by atoms with Crippen molar-refractivity contribution < 1.29 is 71.8 Å². The van der Waals surface area contributed by atoms with Gasteiger partial charge in [-0.05, 0) is 31.9 Å². The fourth-order valence-corrected chi connectivity index (χ4v) is 9.41. The SMILES string of the molecule is C=[13C](NC(=O)[13C](=C)NC(=O)[13C](=C)NC(=O)[13C](=C)NC(=O)[13c]1cc[13c]2c(n1)-[13c]1coc(n1)[13C](=C)NC(=O)[13C](=C)NC(=O)[13c]1csc(n1)[13CH](C)NC(=O)[13c]1csc(n1)CNC(=O)[13c]1coc(n1)/C(=C\C(C)C)NC(=O)[C@H](C(C)O)NC(=O)[13c]1csc-2n1)C(=O)O. The Balaban J connectivity index is 1.17. The van der Waals surface area contributed by atoms with Gasteiger partial charge >= 0.3 is 5.97 Å². The summed E-state index contributed by atoms with van der Waals surface area (Å²) in [7, 11) is 0. The molecule has 2 unspecified atom stereocenters. The van der Waals surface area contributed by atoms with Crippen LogP contribution < -0.4 is 53.2 Å². The summed E-state index contributed by atoms with van der Waals surface area (Å²) in [6.45, 7) is 27.1. The summed E-state index contributed by atoms with van der Waals surface area (Å²) in [5, 5.41) is 48.1. The number of aliphatic hydroxyl groups excluding tert-OH is 1. The third kappa shape index (κ3) is 15.9. The Labute approximate surface area is 508 Å². The summed E-state index contributed by atoms with van der Waals surface area (Å²) < 4.78 is 11.3. The molecule has 10 bridgehead atoms. The minimum Gasteiger partial charge on any atom is -0.477 e. The number of fused-ring (bicyclic) bond motifs is 13. The Bertz CT molecular complexity index is 4010. The van der Waals surface area contributed by atoms with Crippen LogP contribution in [0.5, 0.6) is 0 Å². The van der Waals surface area contributed by atoms with Gasteiger partial charge in [0.2, 0.25) is 17.7 Å². The molecule has 0 saturated carbocycles. The van der Waals surface area contributed by atoms with Gasteiger partial charge in [-0.25, -0.2) is 34.7 Å². The Kier molecular flexibility index (Phi) is 20.2. The van der Waals surface area contributed by atoms with E-state index in [2.05, 4.69) is 112 Å². The molecule has 0 spiro atoms. The number of amides is 10. The molecule has 0 aliphatic carbocycles. The van der Waals surface area contributed by atoms with Crippen molar-refractivity contribution in [1.82, 2.24) is 83.1 Å². The van der Waals surface area contributed by atoms with Crippen molar-refractivity contribution >= 4 is 110 Å². The van der Waals surface area contributed by atoms with Crippen LogP contribution in [0.1, 0.15) is 108 Å². The first-order valence-corrected chi connectivity index (χ1v) is 27.9. The second kappa shape index (κ2) is 27.7. The van der Waals surface area contributed by atoms with Crippen LogP contribution in [0, 0.1) is 5.92 Å². The van der Waals surface area contributed by atoms with E-state index in [4.69, 9.17) is 13.9 Å². The lowest BCUT2D eigenvalue weighted by molar-refractivity contribution is -0.134. The van der Waals surface area contributed by atoms with E-state index in [1.54, 1.807) is 26.8 Å². The van der Waals surface area contributed by atoms with E-state index in [1.807, 2.05) is 10.6 Å². The number of carboxylic acids is 1. The van der Waals surface area contributed by atoms with Gasteiger partial charge in [0.05, 0.1) is 47.2 Å². The highest BCUT2D eigenvalue weighted by molar-refractivity contribution is 7.13. The summed E-state index contributed by atoms with van der Waals surface area (Å²) in [4.78, 5) is 170. The summed E-state index contributed by atoms with van der Waals surface area (Å²) in [6.07, 6.45) is 2.12. The number of pyridine rings is 1. The van der Waals surface area contributed by atoms with E-state index >= 15 is 0 Å². The number of hydrogen-bond acceptors (Lipinski definition) is 23. The number of allylic oxidation sites excluding steroid dienone is 1. The van der Waals surface area contributed by atoms with Crippen molar-refractivity contribution in [3.63, 3.8) is 0 Å². The van der Waals surface area contributed by atoms with Gasteiger partial charge in [0.1, 0.15) is 79.1 Å². The number of hydrogen-bond donors (Lipinski definition) is 12. The van der Waals surface area contributed by atoms with E-state index in [0.29, 0.717) is 10.0 Å². The van der Waals surface area contributed by atoms with Crippen LogP contribution in [0.15, 0.2) is 124 Å². The maximum absolute atomic E-state index is 13.9. The zero-order valence-corrected chi connectivity index (χ0v) is 48.9. The number of carboxylic acid groups (broad SMARTS) is 1. The molecular weight excluding hydrogens is 1220 g/mol. The maximum atomic E-state index is 13.9. The molecule has 6 aromatic heterocycles. The van der Waals surface area contributed by atoms with E-state index in [1.165, 1.54) is 35.2 Å². The van der Waals surface area contributed by atoms with Gasteiger partial charge in [-0.3, -0.25) is 47.9 Å². The first-order chi connectivity index (χ1) is 41.6. The molecule has 1 aliphatic heterocycles. The number of thiazole rings is 3. The number of nitrogens with one attached hydrogen (secondary N) is 10. The molecule has 0 saturated heterocycles. The fraction of sp³-hybridized carbons (Fsp3) is 0.167. The summed E-state index contributed by atoms with van der Waals surface area (Å²) in [5.41, 5.74) is -4.69. The van der Waals surface area contributed by atoms with Crippen LogP contribution in [0.2, 0.25) is 0 Å². The van der Waals surface area contributed by atoms with Crippen LogP contribution in [0.4, 0.5) is 0 Å². The molecule has 31 nitrogen and oxygen atoms in total. The van der Waals surface area contributed by atoms with Crippen LogP contribution >= 0.6 is 34.0 Å². The average molecular weight is 1270 g/mol. The number of aromatic nitrogens is 6. The predicted octanol–water partition coefficient (Wildman–Crippen LogP) is 2.04. The Morgan fingerprint density at radius 3 is 1.86 bits per heavy atom. The minimum atomic E-state index is -1.64. The zero-order chi connectivity index (χ0) is 64.4. The second-order valence-corrected chi connectivity index (χ2v) is 21.4. The number of rotatable bonds is 11. The molecule has 3 atom stereocenters. The molecule has 7 heterocycles. The first-order valence-electron chi connectivity index (χ1n) is 25.2. The molecule has 7 rings (SSSR count). The normalized spacial score (nSPS) is 16.1. The smallest absolute Gasteiger partial charge is 0.351 e. The van der Waals surface area contributed by atoms with Gasteiger partial charge in [0, 0.05) is 21.7 Å². The highest BCUT2D eigenvalue weighted by atomic mass is 32.1. The molecular formula is C54H50N16O15S3. The molecule has 0 radical (unpaired) electrons. The van der Waals surface area contributed by atoms with Crippen molar-refractivity contribution in [3.05, 3.63) is 165 Å². The summed E-state index contributed by atoms with van der Waals surface area (Å²) in [6, 6.07) is 0.138. The van der Waals surface area contributed by atoms with E-state index < -0.39 is 117 Å². The molecule has 1 aliphatic rings. The highest BCUT2D eigenvalue weighted by Crippen LogP contribution is 2.34. The average Bonchev–Trinajstić information content (AvgIpc) is 2.61. The largest absolute Gasteiger partial charge is 0.477 e. The van der Waals surface area contributed by atoms with Crippen molar-refractivity contribution in [1.29, 1.82) is 0 Å².